The lowest BCUT2D eigenvalue weighted by Crippen LogP contribution is -2.46. The average Bonchev–Trinajstić information content (AvgIpc) is 2.74. The van der Waals surface area contributed by atoms with E-state index in [-0.39, 0.29) is 5.91 Å². The molecular weight excluding hydrogens is 362 g/mol. The molecule has 0 radical (unpaired) electrons. The van der Waals surface area contributed by atoms with E-state index in [4.69, 9.17) is 0 Å². The highest BCUT2D eigenvalue weighted by atomic mass is 16.1. The third-order valence-corrected chi connectivity index (χ3v) is 5.25. The fourth-order valence-electron chi connectivity index (χ4n) is 3.67. The molecule has 4 rings (SSSR count). The van der Waals surface area contributed by atoms with Crippen molar-refractivity contribution in [3.8, 4) is 0 Å². The molecule has 1 aliphatic rings. The lowest BCUT2D eigenvalue weighted by molar-refractivity contribution is 0.102. The van der Waals surface area contributed by atoms with Crippen LogP contribution in [-0.4, -0.2) is 42.1 Å². The Morgan fingerprint density at radius 3 is 2.34 bits per heavy atom. The fraction of sp³-hybridized carbons (Fsp3) is 0.261. The van der Waals surface area contributed by atoms with Gasteiger partial charge in [0.05, 0.1) is 0 Å². The van der Waals surface area contributed by atoms with Gasteiger partial charge < -0.3 is 15.1 Å². The maximum absolute atomic E-state index is 12.6. The minimum atomic E-state index is -0.152. The van der Waals surface area contributed by atoms with Gasteiger partial charge in [0.25, 0.3) is 5.91 Å². The predicted molar refractivity (Wildman–Crippen MR) is 117 cm³/mol. The van der Waals surface area contributed by atoms with E-state index < -0.39 is 0 Å². The summed E-state index contributed by atoms with van der Waals surface area (Å²) < 4.78 is 0. The molecule has 1 aromatic heterocycles. The molecule has 148 valence electrons. The molecular formula is C23H25N5O. The molecule has 3 aromatic rings. The predicted octanol–water partition coefficient (Wildman–Crippen LogP) is 3.67. The molecule has 2 aromatic carbocycles. The second kappa shape index (κ2) is 8.31. The Labute approximate surface area is 171 Å². The van der Waals surface area contributed by atoms with Crippen molar-refractivity contribution in [2.45, 2.75) is 13.8 Å². The molecule has 2 heterocycles. The van der Waals surface area contributed by atoms with Crippen LogP contribution < -0.4 is 15.1 Å². The zero-order valence-electron chi connectivity index (χ0n) is 16.8. The second-order valence-electron chi connectivity index (χ2n) is 7.34. The summed E-state index contributed by atoms with van der Waals surface area (Å²) in [5, 5.41) is 2.91. The third kappa shape index (κ3) is 4.37. The molecule has 1 saturated heterocycles. The van der Waals surface area contributed by atoms with Gasteiger partial charge in [-0.25, -0.2) is 9.97 Å². The number of carbonyl (C=O) groups is 1. The molecule has 1 fully saturated rings. The molecule has 1 N–H and O–H groups in total. The fourth-order valence-corrected chi connectivity index (χ4v) is 3.67. The van der Waals surface area contributed by atoms with Crippen LogP contribution in [0.3, 0.4) is 0 Å². The van der Waals surface area contributed by atoms with E-state index in [0.717, 1.165) is 43.1 Å². The van der Waals surface area contributed by atoms with Crippen molar-refractivity contribution in [1.82, 2.24) is 9.97 Å². The summed E-state index contributed by atoms with van der Waals surface area (Å²) in [6, 6.07) is 18.1. The van der Waals surface area contributed by atoms with Gasteiger partial charge in [-0.1, -0.05) is 35.9 Å². The molecule has 0 unspecified atom stereocenters. The van der Waals surface area contributed by atoms with Gasteiger partial charge in [-0.15, -0.1) is 0 Å². The van der Waals surface area contributed by atoms with Crippen molar-refractivity contribution in [3.63, 3.8) is 0 Å². The third-order valence-electron chi connectivity index (χ3n) is 5.25. The molecule has 1 aliphatic heterocycles. The van der Waals surface area contributed by atoms with Gasteiger partial charge in [-0.05, 0) is 37.6 Å². The number of amides is 1. The van der Waals surface area contributed by atoms with Crippen molar-refractivity contribution in [1.29, 1.82) is 0 Å². The Bertz CT molecular complexity index is 997. The van der Waals surface area contributed by atoms with Crippen LogP contribution in [0.1, 0.15) is 21.5 Å². The van der Waals surface area contributed by atoms with Crippen molar-refractivity contribution in [2.75, 3.05) is 41.3 Å². The van der Waals surface area contributed by atoms with Crippen molar-refractivity contribution in [2.24, 2.45) is 0 Å². The lowest BCUT2D eigenvalue weighted by Gasteiger charge is -2.36. The van der Waals surface area contributed by atoms with E-state index in [1.165, 1.54) is 12.0 Å². The van der Waals surface area contributed by atoms with Gasteiger partial charge in [0, 0.05) is 43.5 Å². The summed E-state index contributed by atoms with van der Waals surface area (Å²) >= 11 is 0. The first-order valence-corrected chi connectivity index (χ1v) is 9.86. The molecule has 0 aliphatic carbocycles. The quantitative estimate of drug-likeness (QED) is 0.740. The number of anilines is 3. The van der Waals surface area contributed by atoms with Crippen molar-refractivity contribution >= 4 is 23.2 Å². The number of piperazine rings is 1. The number of nitrogens with one attached hydrogen (secondary N) is 1. The van der Waals surface area contributed by atoms with Crippen LogP contribution in [0.25, 0.3) is 0 Å². The topological polar surface area (TPSA) is 61.4 Å². The number of aromatic nitrogens is 2. The standard InChI is InChI=1S/C23H25N5O/c1-17-8-9-20(18(2)14-17)23(29)26-21-15-22(25-16-24-21)28-12-10-27(11-13-28)19-6-4-3-5-7-19/h3-9,14-16H,10-13H2,1-2H3,(H,24,25,26,29). The number of aryl methyl sites for hydroxylation is 2. The molecule has 0 bridgehead atoms. The van der Waals surface area contributed by atoms with Crippen LogP contribution in [0, 0.1) is 13.8 Å². The number of nitrogens with zero attached hydrogens (tertiary/aromatic N) is 4. The van der Waals surface area contributed by atoms with Gasteiger partial charge in [0.1, 0.15) is 18.0 Å². The Morgan fingerprint density at radius 2 is 1.62 bits per heavy atom. The molecule has 0 spiro atoms. The molecule has 6 nitrogen and oxygen atoms in total. The average molecular weight is 387 g/mol. The SMILES string of the molecule is Cc1ccc(C(=O)Nc2cc(N3CCN(c4ccccc4)CC3)ncn2)c(C)c1. The zero-order valence-corrected chi connectivity index (χ0v) is 16.8. The van der Waals surface area contributed by atoms with Crippen LogP contribution in [0.15, 0.2) is 60.9 Å². The number of rotatable bonds is 4. The summed E-state index contributed by atoms with van der Waals surface area (Å²) in [5.74, 6) is 1.20. The van der Waals surface area contributed by atoms with Gasteiger partial charge in [0.2, 0.25) is 0 Å². The Morgan fingerprint density at radius 1 is 0.897 bits per heavy atom. The Hall–Kier alpha value is -3.41. The van der Waals surface area contributed by atoms with Gasteiger partial charge >= 0.3 is 0 Å². The smallest absolute Gasteiger partial charge is 0.257 e. The second-order valence-corrected chi connectivity index (χ2v) is 7.34. The summed E-state index contributed by atoms with van der Waals surface area (Å²) in [4.78, 5) is 25.9. The largest absolute Gasteiger partial charge is 0.368 e. The van der Waals surface area contributed by atoms with E-state index in [0.29, 0.717) is 11.4 Å². The molecule has 1 amide bonds. The summed E-state index contributed by atoms with van der Waals surface area (Å²) in [5.41, 5.74) is 4.00. The number of benzene rings is 2. The number of carbonyl (C=O) groups excluding carboxylic acids is 1. The zero-order chi connectivity index (χ0) is 20.2. The van der Waals surface area contributed by atoms with E-state index in [1.54, 1.807) is 0 Å². The minimum Gasteiger partial charge on any atom is -0.368 e. The van der Waals surface area contributed by atoms with Crippen LogP contribution >= 0.6 is 0 Å². The number of hydrogen-bond acceptors (Lipinski definition) is 5. The highest BCUT2D eigenvalue weighted by Gasteiger charge is 2.19. The maximum Gasteiger partial charge on any atom is 0.257 e. The molecule has 6 heteroatoms. The van der Waals surface area contributed by atoms with Crippen molar-refractivity contribution < 1.29 is 4.79 Å². The minimum absolute atomic E-state index is 0.152. The first-order valence-electron chi connectivity index (χ1n) is 9.86. The number of hydrogen-bond donors (Lipinski definition) is 1. The van der Waals surface area contributed by atoms with Crippen LogP contribution in [0.5, 0.6) is 0 Å². The highest BCUT2D eigenvalue weighted by Crippen LogP contribution is 2.21. The summed E-state index contributed by atoms with van der Waals surface area (Å²) in [6.45, 7) is 7.56. The lowest BCUT2D eigenvalue weighted by atomic mass is 10.1. The Balaban J connectivity index is 1.42. The highest BCUT2D eigenvalue weighted by molar-refractivity contribution is 6.04. The molecule has 0 saturated carbocycles. The first-order chi connectivity index (χ1) is 14.1. The Kier molecular flexibility index (Phi) is 5.42. The first kappa shape index (κ1) is 18.9. The van der Waals surface area contributed by atoms with Gasteiger partial charge in [-0.2, -0.15) is 0 Å². The van der Waals surface area contributed by atoms with E-state index >= 15 is 0 Å². The van der Waals surface area contributed by atoms with Crippen LogP contribution in [0.4, 0.5) is 17.3 Å². The van der Waals surface area contributed by atoms with Gasteiger partial charge in [0.15, 0.2) is 0 Å². The summed E-state index contributed by atoms with van der Waals surface area (Å²) in [6.07, 6.45) is 1.51. The van der Waals surface area contributed by atoms with E-state index in [1.807, 2.05) is 44.2 Å². The van der Waals surface area contributed by atoms with E-state index in [2.05, 4.69) is 49.4 Å². The molecule has 29 heavy (non-hydrogen) atoms. The number of para-hydroxylation sites is 1. The molecule has 0 atom stereocenters. The maximum atomic E-state index is 12.6. The van der Waals surface area contributed by atoms with E-state index in [9.17, 15) is 4.79 Å². The normalized spacial score (nSPS) is 14.0. The van der Waals surface area contributed by atoms with Gasteiger partial charge in [-0.3, -0.25) is 4.79 Å². The van der Waals surface area contributed by atoms with Crippen molar-refractivity contribution in [3.05, 3.63) is 77.6 Å². The van der Waals surface area contributed by atoms with Crippen LogP contribution in [-0.2, 0) is 0 Å². The monoisotopic (exact) mass is 387 g/mol. The summed E-state index contributed by atoms with van der Waals surface area (Å²) in [7, 11) is 0. The van der Waals surface area contributed by atoms with Crippen LogP contribution in [0.2, 0.25) is 0 Å².